The highest BCUT2D eigenvalue weighted by Crippen LogP contribution is 2.62. The first-order valence-electron chi connectivity index (χ1n) is 10.5. The quantitative estimate of drug-likeness (QED) is 0.361. The zero-order valence-electron chi connectivity index (χ0n) is 16.7. The number of halogens is 1. The van der Waals surface area contributed by atoms with Crippen LogP contribution in [-0.2, 0) is 9.53 Å². The van der Waals surface area contributed by atoms with Crippen molar-refractivity contribution in [3.8, 4) is 0 Å². The molecule has 0 radical (unpaired) electrons. The molecule has 1 amide bonds. The van der Waals surface area contributed by atoms with Crippen LogP contribution in [0, 0.1) is 11.3 Å². The third kappa shape index (κ3) is 4.09. The molecule has 1 spiro atoms. The van der Waals surface area contributed by atoms with Crippen LogP contribution in [0.1, 0.15) is 57.8 Å². The zero-order valence-corrected chi connectivity index (χ0v) is 19.0. The Balaban J connectivity index is 0.00000210. The molecule has 0 aromatic carbocycles. The molecule has 4 aliphatic rings. The Bertz CT molecular complexity index is 558. The first kappa shape index (κ1) is 21.1. The van der Waals surface area contributed by atoms with Gasteiger partial charge >= 0.3 is 0 Å². The highest BCUT2D eigenvalue weighted by molar-refractivity contribution is 14.0. The molecular formula is C20H35IN4O2. The highest BCUT2D eigenvalue weighted by Gasteiger charge is 2.66. The van der Waals surface area contributed by atoms with Gasteiger partial charge in [-0.05, 0) is 32.1 Å². The lowest BCUT2D eigenvalue weighted by Gasteiger charge is -2.63. The van der Waals surface area contributed by atoms with Crippen molar-refractivity contribution in [3.05, 3.63) is 0 Å². The van der Waals surface area contributed by atoms with E-state index in [0.29, 0.717) is 29.5 Å². The first-order chi connectivity index (χ1) is 12.6. The van der Waals surface area contributed by atoms with Gasteiger partial charge in [0, 0.05) is 44.1 Å². The van der Waals surface area contributed by atoms with Crippen molar-refractivity contribution < 1.29 is 9.53 Å². The van der Waals surface area contributed by atoms with Crippen molar-refractivity contribution >= 4 is 35.8 Å². The van der Waals surface area contributed by atoms with Gasteiger partial charge in [-0.25, -0.2) is 4.99 Å². The van der Waals surface area contributed by atoms with Crippen LogP contribution in [0.15, 0.2) is 4.99 Å². The van der Waals surface area contributed by atoms with E-state index in [4.69, 9.17) is 4.74 Å². The number of ether oxygens (including phenoxy) is 1. The molecule has 7 heteroatoms. The van der Waals surface area contributed by atoms with Gasteiger partial charge in [-0.3, -0.25) is 4.79 Å². The third-order valence-corrected chi connectivity index (χ3v) is 7.15. The Morgan fingerprint density at radius 1 is 1.11 bits per heavy atom. The maximum absolute atomic E-state index is 12.0. The number of likely N-dealkylation sites (N-methyl/N-ethyl adjacent to an activating group) is 1. The fraction of sp³-hybridized carbons (Fsp3) is 0.900. The van der Waals surface area contributed by atoms with Crippen molar-refractivity contribution in [1.82, 2.24) is 15.5 Å². The van der Waals surface area contributed by atoms with E-state index >= 15 is 0 Å². The van der Waals surface area contributed by atoms with Crippen LogP contribution in [0.5, 0.6) is 0 Å². The van der Waals surface area contributed by atoms with Crippen LogP contribution >= 0.6 is 24.0 Å². The van der Waals surface area contributed by atoms with Gasteiger partial charge in [0.25, 0.3) is 0 Å². The number of nitrogens with one attached hydrogen (secondary N) is 2. The lowest BCUT2D eigenvalue weighted by atomic mass is 9.46. The Hall–Kier alpha value is -0.570. The summed E-state index contributed by atoms with van der Waals surface area (Å²) >= 11 is 0. The molecule has 1 saturated heterocycles. The largest absolute Gasteiger partial charge is 0.377 e. The average Bonchev–Trinajstić information content (AvgIpc) is 3.01. The highest BCUT2D eigenvalue weighted by atomic mass is 127. The normalized spacial score (nSPS) is 31.9. The topological polar surface area (TPSA) is 66.0 Å². The number of hydrogen-bond acceptors (Lipinski definition) is 3. The van der Waals surface area contributed by atoms with Crippen molar-refractivity contribution in [3.63, 3.8) is 0 Å². The number of carbonyl (C=O) groups is 1. The molecule has 6 nitrogen and oxygen atoms in total. The summed E-state index contributed by atoms with van der Waals surface area (Å²) in [6, 6.07) is 0.936. The van der Waals surface area contributed by atoms with Crippen LogP contribution in [0.2, 0.25) is 0 Å². The number of aliphatic imine (C=N–C) groups is 1. The molecule has 4 rings (SSSR count). The second kappa shape index (κ2) is 8.84. The van der Waals surface area contributed by atoms with E-state index < -0.39 is 0 Å². The number of rotatable bonds is 4. The van der Waals surface area contributed by atoms with Crippen LogP contribution < -0.4 is 10.6 Å². The Labute approximate surface area is 180 Å². The van der Waals surface area contributed by atoms with Crippen molar-refractivity contribution in [2.24, 2.45) is 16.3 Å². The molecule has 2 N–H and O–H groups in total. The Morgan fingerprint density at radius 3 is 2.48 bits per heavy atom. The number of guanidine groups is 1. The third-order valence-electron chi connectivity index (χ3n) is 7.15. The predicted molar refractivity (Wildman–Crippen MR) is 117 cm³/mol. The lowest BCUT2D eigenvalue weighted by molar-refractivity contribution is -0.171. The summed E-state index contributed by atoms with van der Waals surface area (Å²) in [5, 5.41) is 7.39. The summed E-state index contributed by atoms with van der Waals surface area (Å²) in [4.78, 5) is 18.3. The minimum atomic E-state index is 0. The van der Waals surface area contributed by atoms with Gasteiger partial charge < -0.3 is 20.3 Å². The molecule has 4 fully saturated rings. The SMILES string of the molecule is CN(C)C(=O)CN=C(NC1CCCCC1)NC1C2CCOC2C12CCC2.I. The van der Waals surface area contributed by atoms with Gasteiger partial charge in [-0.15, -0.1) is 24.0 Å². The minimum Gasteiger partial charge on any atom is -0.377 e. The maximum atomic E-state index is 12.0. The molecule has 154 valence electrons. The van der Waals surface area contributed by atoms with Crippen LogP contribution in [0.25, 0.3) is 0 Å². The maximum Gasteiger partial charge on any atom is 0.243 e. The Morgan fingerprint density at radius 2 is 1.85 bits per heavy atom. The van der Waals surface area contributed by atoms with Gasteiger partial charge in [-0.2, -0.15) is 0 Å². The number of carbonyl (C=O) groups excluding carboxylic acids is 1. The monoisotopic (exact) mass is 490 g/mol. The molecule has 3 aliphatic carbocycles. The van der Waals surface area contributed by atoms with Crippen LogP contribution in [-0.4, -0.2) is 62.2 Å². The van der Waals surface area contributed by atoms with E-state index in [0.717, 1.165) is 19.0 Å². The molecule has 1 heterocycles. The summed E-state index contributed by atoms with van der Waals surface area (Å²) in [6.07, 6.45) is 11.8. The molecule has 1 aliphatic heterocycles. The van der Waals surface area contributed by atoms with Crippen molar-refractivity contribution in [2.45, 2.75) is 76.0 Å². The Kier molecular flexibility index (Phi) is 6.93. The van der Waals surface area contributed by atoms with Gasteiger partial charge in [0.15, 0.2) is 5.96 Å². The van der Waals surface area contributed by atoms with Crippen molar-refractivity contribution in [2.75, 3.05) is 27.2 Å². The van der Waals surface area contributed by atoms with Crippen molar-refractivity contribution in [1.29, 1.82) is 0 Å². The number of fused-ring (bicyclic) bond motifs is 2. The minimum absolute atomic E-state index is 0. The standard InChI is InChI=1S/C20H34N4O2.HI/c1-24(2)16(25)13-21-19(22-14-7-4-3-5-8-14)23-17-15-9-12-26-18(15)20(17)10-6-11-20;/h14-15,17-18H,3-13H2,1-2H3,(H2,21,22,23);1H. The van der Waals surface area contributed by atoms with Gasteiger partial charge in [0.05, 0.1) is 6.10 Å². The molecule has 27 heavy (non-hydrogen) atoms. The summed E-state index contributed by atoms with van der Waals surface area (Å²) in [6.45, 7) is 1.11. The van der Waals surface area contributed by atoms with E-state index in [2.05, 4.69) is 15.6 Å². The smallest absolute Gasteiger partial charge is 0.243 e. The van der Waals surface area contributed by atoms with Gasteiger partial charge in [0.1, 0.15) is 6.54 Å². The molecule has 0 aromatic rings. The molecule has 0 bridgehead atoms. The van der Waals surface area contributed by atoms with E-state index in [1.165, 1.54) is 51.4 Å². The zero-order chi connectivity index (χ0) is 18.1. The summed E-state index contributed by atoms with van der Waals surface area (Å²) in [7, 11) is 3.57. The second-order valence-corrected chi connectivity index (χ2v) is 8.88. The van der Waals surface area contributed by atoms with Crippen LogP contribution in [0.4, 0.5) is 0 Å². The van der Waals surface area contributed by atoms with Gasteiger partial charge in [-0.1, -0.05) is 25.7 Å². The molecule has 3 atom stereocenters. The second-order valence-electron chi connectivity index (χ2n) is 8.88. The molecular weight excluding hydrogens is 455 g/mol. The van der Waals surface area contributed by atoms with Crippen LogP contribution in [0.3, 0.4) is 0 Å². The lowest BCUT2D eigenvalue weighted by Crippen LogP contribution is -2.72. The van der Waals surface area contributed by atoms with E-state index in [1.807, 2.05) is 0 Å². The molecule has 3 saturated carbocycles. The first-order valence-corrected chi connectivity index (χ1v) is 10.5. The number of nitrogens with zero attached hydrogens (tertiary/aromatic N) is 2. The summed E-state index contributed by atoms with van der Waals surface area (Å²) in [5.41, 5.74) is 0.321. The fourth-order valence-corrected chi connectivity index (χ4v) is 5.46. The van der Waals surface area contributed by atoms with E-state index in [1.54, 1.807) is 19.0 Å². The van der Waals surface area contributed by atoms with E-state index in [-0.39, 0.29) is 36.4 Å². The number of amides is 1. The number of hydrogen-bond donors (Lipinski definition) is 2. The average molecular weight is 490 g/mol. The van der Waals surface area contributed by atoms with E-state index in [9.17, 15) is 4.79 Å². The summed E-state index contributed by atoms with van der Waals surface area (Å²) < 4.78 is 6.04. The predicted octanol–water partition coefficient (Wildman–Crippen LogP) is 2.52. The fourth-order valence-electron chi connectivity index (χ4n) is 5.46. The summed E-state index contributed by atoms with van der Waals surface area (Å²) in [5.74, 6) is 1.50. The molecule has 3 unspecified atom stereocenters. The van der Waals surface area contributed by atoms with Gasteiger partial charge in [0.2, 0.25) is 5.91 Å². The molecule has 0 aromatic heterocycles.